The van der Waals surface area contributed by atoms with Gasteiger partial charge in [-0.15, -0.1) is 0 Å². The van der Waals surface area contributed by atoms with E-state index in [4.69, 9.17) is 0 Å². The van der Waals surface area contributed by atoms with Crippen LogP contribution in [0.5, 0.6) is 0 Å². The molecular formula is C7H3BrF3N3. The zero-order valence-corrected chi connectivity index (χ0v) is 8.17. The van der Waals surface area contributed by atoms with E-state index in [1.807, 2.05) is 0 Å². The Hall–Kier alpha value is -1.11. The summed E-state index contributed by atoms with van der Waals surface area (Å²) in [7, 11) is 0. The number of halogens is 4. The van der Waals surface area contributed by atoms with Crippen LogP contribution in [-0.4, -0.2) is 14.6 Å². The molecule has 0 radical (unpaired) electrons. The smallest absolute Gasteiger partial charge is 0.219 e. The third-order valence-corrected chi connectivity index (χ3v) is 2.08. The number of nitrogens with zero attached hydrogens (tertiary/aromatic N) is 3. The molecule has 0 bridgehead atoms. The monoisotopic (exact) mass is 265 g/mol. The van der Waals surface area contributed by atoms with E-state index in [2.05, 4.69) is 26.0 Å². The lowest BCUT2D eigenvalue weighted by Gasteiger charge is -2.07. The quantitative estimate of drug-likeness (QED) is 0.733. The maximum atomic E-state index is 12.5. The van der Waals surface area contributed by atoms with Crippen molar-refractivity contribution in [2.24, 2.45) is 0 Å². The predicted octanol–water partition coefficient (Wildman–Crippen LogP) is 2.51. The van der Waals surface area contributed by atoms with Crippen molar-refractivity contribution in [3.8, 4) is 0 Å². The molecule has 14 heavy (non-hydrogen) atoms. The van der Waals surface area contributed by atoms with Crippen LogP contribution in [0.2, 0.25) is 0 Å². The largest absolute Gasteiger partial charge is 0.420 e. The Bertz CT molecular complexity index is 476. The first kappa shape index (κ1) is 9.45. The van der Waals surface area contributed by atoms with Gasteiger partial charge in [0.25, 0.3) is 0 Å². The Labute approximate surface area is 84.7 Å². The summed E-state index contributed by atoms with van der Waals surface area (Å²) in [6.45, 7) is 0. The highest BCUT2D eigenvalue weighted by molar-refractivity contribution is 9.10. The Balaban J connectivity index is 2.80. The van der Waals surface area contributed by atoms with E-state index in [0.717, 1.165) is 16.9 Å². The van der Waals surface area contributed by atoms with Crippen LogP contribution in [-0.2, 0) is 6.18 Å². The van der Waals surface area contributed by atoms with Gasteiger partial charge in [0.1, 0.15) is 11.9 Å². The van der Waals surface area contributed by atoms with E-state index < -0.39 is 11.7 Å². The molecule has 0 saturated heterocycles. The van der Waals surface area contributed by atoms with E-state index in [-0.39, 0.29) is 5.65 Å². The van der Waals surface area contributed by atoms with Gasteiger partial charge in [-0.3, -0.25) is 0 Å². The summed E-state index contributed by atoms with van der Waals surface area (Å²) in [5.74, 6) is 0. The topological polar surface area (TPSA) is 30.2 Å². The van der Waals surface area contributed by atoms with Gasteiger partial charge < -0.3 is 0 Å². The highest BCUT2D eigenvalue weighted by atomic mass is 79.9. The molecule has 3 nitrogen and oxygen atoms in total. The first-order valence-electron chi connectivity index (χ1n) is 3.54. The van der Waals surface area contributed by atoms with Gasteiger partial charge in [-0.25, -0.2) is 9.50 Å². The maximum Gasteiger partial charge on any atom is 0.420 e. The van der Waals surface area contributed by atoms with Crippen LogP contribution in [0, 0.1) is 0 Å². The second kappa shape index (κ2) is 2.94. The number of hydrogen-bond acceptors (Lipinski definition) is 2. The summed E-state index contributed by atoms with van der Waals surface area (Å²) in [6, 6.07) is 0.976. The van der Waals surface area contributed by atoms with Crippen LogP contribution in [0.25, 0.3) is 5.65 Å². The lowest BCUT2D eigenvalue weighted by atomic mass is 10.2. The third kappa shape index (κ3) is 1.47. The van der Waals surface area contributed by atoms with Crippen molar-refractivity contribution >= 4 is 21.6 Å². The second-order valence-electron chi connectivity index (χ2n) is 2.60. The van der Waals surface area contributed by atoms with E-state index in [1.54, 1.807) is 0 Å². The fourth-order valence-corrected chi connectivity index (χ4v) is 1.53. The van der Waals surface area contributed by atoms with Crippen molar-refractivity contribution in [3.63, 3.8) is 0 Å². The predicted molar refractivity (Wildman–Crippen MR) is 45.7 cm³/mol. The molecule has 0 aliphatic rings. The van der Waals surface area contributed by atoms with Crippen LogP contribution in [0.3, 0.4) is 0 Å². The van der Waals surface area contributed by atoms with Crippen molar-refractivity contribution < 1.29 is 13.2 Å². The summed E-state index contributed by atoms with van der Waals surface area (Å²) in [5.41, 5.74) is -0.995. The van der Waals surface area contributed by atoms with Crippen molar-refractivity contribution in [2.75, 3.05) is 0 Å². The Morgan fingerprint density at radius 2 is 2.07 bits per heavy atom. The SMILES string of the molecule is FC(F)(F)c1cc(Br)cn2ncnc12. The van der Waals surface area contributed by atoms with E-state index >= 15 is 0 Å². The molecular weight excluding hydrogens is 263 g/mol. The first-order valence-corrected chi connectivity index (χ1v) is 4.34. The Morgan fingerprint density at radius 3 is 2.71 bits per heavy atom. The molecule has 0 aliphatic carbocycles. The summed E-state index contributed by atoms with van der Waals surface area (Å²) >= 11 is 2.97. The standard InChI is InChI=1S/C7H3BrF3N3/c8-4-1-5(7(9,10)11)6-12-3-13-14(6)2-4/h1-3H. The number of hydrogen-bond donors (Lipinski definition) is 0. The molecule has 0 aromatic carbocycles. The van der Waals surface area contributed by atoms with Crippen LogP contribution in [0.4, 0.5) is 13.2 Å². The molecule has 74 valence electrons. The minimum Gasteiger partial charge on any atom is -0.219 e. The Kier molecular flexibility index (Phi) is 1.99. The van der Waals surface area contributed by atoms with E-state index in [0.29, 0.717) is 4.47 Å². The molecule has 2 aromatic rings. The minimum atomic E-state index is -4.42. The average Bonchev–Trinajstić information content (AvgIpc) is 2.47. The van der Waals surface area contributed by atoms with Crippen molar-refractivity contribution in [1.29, 1.82) is 0 Å². The molecule has 2 aromatic heterocycles. The van der Waals surface area contributed by atoms with Crippen molar-refractivity contribution in [2.45, 2.75) is 6.18 Å². The molecule has 2 heterocycles. The van der Waals surface area contributed by atoms with Gasteiger partial charge in [0, 0.05) is 10.7 Å². The van der Waals surface area contributed by atoms with Crippen LogP contribution < -0.4 is 0 Å². The molecule has 2 rings (SSSR count). The Morgan fingerprint density at radius 1 is 1.36 bits per heavy atom. The average molecular weight is 266 g/mol. The van der Waals surface area contributed by atoms with Gasteiger partial charge in [-0.1, -0.05) is 0 Å². The molecule has 0 unspecified atom stereocenters. The highest BCUT2D eigenvalue weighted by Gasteiger charge is 2.34. The highest BCUT2D eigenvalue weighted by Crippen LogP contribution is 2.33. The van der Waals surface area contributed by atoms with Gasteiger partial charge in [-0.2, -0.15) is 18.3 Å². The fourth-order valence-electron chi connectivity index (χ4n) is 1.10. The van der Waals surface area contributed by atoms with Gasteiger partial charge in [0.05, 0.1) is 0 Å². The molecule has 0 aliphatic heterocycles. The first-order chi connectivity index (χ1) is 6.48. The molecule has 0 amide bonds. The molecule has 7 heteroatoms. The summed E-state index contributed by atoms with van der Waals surface area (Å²) < 4.78 is 38.8. The van der Waals surface area contributed by atoms with E-state index in [9.17, 15) is 13.2 Å². The van der Waals surface area contributed by atoms with E-state index in [1.165, 1.54) is 6.20 Å². The fraction of sp³-hybridized carbons (Fsp3) is 0.143. The van der Waals surface area contributed by atoms with Crippen LogP contribution >= 0.6 is 15.9 Å². The molecule has 0 saturated carbocycles. The molecule has 0 spiro atoms. The number of aromatic nitrogens is 3. The third-order valence-electron chi connectivity index (χ3n) is 1.65. The molecule has 0 N–H and O–H groups in total. The number of alkyl halides is 3. The number of fused-ring (bicyclic) bond motifs is 1. The summed E-state index contributed by atoms with van der Waals surface area (Å²) in [5, 5.41) is 3.63. The lowest BCUT2D eigenvalue weighted by molar-refractivity contribution is -0.136. The zero-order valence-electron chi connectivity index (χ0n) is 6.59. The number of pyridine rings is 1. The normalized spacial score (nSPS) is 12.3. The van der Waals surface area contributed by atoms with Crippen LogP contribution in [0.1, 0.15) is 5.56 Å². The minimum absolute atomic E-state index is 0.194. The van der Waals surface area contributed by atoms with Gasteiger partial charge in [0.15, 0.2) is 5.65 Å². The number of rotatable bonds is 0. The van der Waals surface area contributed by atoms with Crippen molar-refractivity contribution in [1.82, 2.24) is 14.6 Å². The lowest BCUT2D eigenvalue weighted by Crippen LogP contribution is -2.08. The zero-order chi connectivity index (χ0) is 10.3. The van der Waals surface area contributed by atoms with Gasteiger partial charge in [-0.05, 0) is 22.0 Å². The van der Waals surface area contributed by atoms with Crippen molar-refractivity contribution in [3.05, 3.63) is 28.6 Å². The molecule has 0 fully saturated rings. The maximum absolute atomic E-state index is 12.5. The van der Waals surface area contributed by atoms with Gasteiger partial charge in [0.2, 0.25) is 0 Å². The van der Waals surface area contributed by atoms with Crippen LogP contribution in [0.15, 0.2) is 23.1 Å². The second-order valence-corrected chi connectivity index (χ2v) is 3.51. The summed E-state index contributed by atoms with van der Waals surface area (Å²) in [4.78, 5) is 3.54. The molecule has 0 atom stereocenters. The summed E-state index contributed by atoms with van der Waals surface area (Å²) in [6.07, 6.45) is -1.92. The van der Waals surface area contributed by atoms with Gasteiger partial charge >= 0.3 is 6.18 Å².